The Kier molecular flexibility index (Phi) is 5.32. The van der Waals surface area contributed by atoms with Gasteiger partial charge in [0.2, 0.25) is 0 Å². The van der Waals surface area contributed by atoms with Crippen molar-refractivity contribution < 1.29 is 4.79 Å². The molecule has 5 heteroatoms. The molecule has 0 aliphatic carbocycles. The summed E-state index contributed by atoms with van der Waals surface area (Å²) in [5.41, 5.74) is 2.11. The van der Waals surface area contributed by atoms with E-state index in [1.54, 1.807) is 0 Å². The molecule has 0 N–H and O–H groups in total. The van der Waals surface area contributed by atoms with Crippen LogP contribution in [0, 0.1) is 0 Å². The average Bonchev–Trinajstić information content (AvgIpc) is 2.80. The summed E-state index contributed by atoms with van der Waals surface area (Å²) in [6.07, 6.45) is 4.57. The highest BCUT2D eigenvalue weighted by Crippen LogP contribution is 2.28. The molecule has 4 nitrogen and oxygen atoms in total. The van der Waals surface area contributed by atoms with Crippen LogP contribution < -0.4 is 0 Å². The number of hydrogen-bond acceptors (Lipinski definition) is 4. The second-order valence-electron chi connectivity index (χ2n) is 7.81. The molecule has 1 aliphatic rings. The summed E-state index contributed by atoms with van der Waals surface area (Å²) in [7, 11) is 0. The Bertz CT molecular complexity index is 743. The van der Waals surface area contributed by atoms with Gasteiger partial charge in [-0.05, 0) is 30.7 Å². The lowest BCUT2D eigenvalue weighted by Crippen LogP contribution is -2.16. The lowest BCUT2D eigenvalue weighted by Gasteiger charge is -2.19. The number of nitrogens with zero attached hydrogens (tertiary/aromatic N) is 3. The molecule has 1 unspecified atom stereocenters. The number of aryl methyl sites for hydroxylation is 1. The summed E-state index contributed by atoms with van der Waals surface area (Å²) in [6, 6.07) is 8.02. The fourth-order valence-electron chi connectivity index (χ4n) is 3.13. The van der Waals surface area contributed by atoms with Crippen molar-refractivity contribution in [3.63, 3.8) is 0 Å². The third-order valence-electron chi connectivity index (χ3n) is 4.76. The highest BCUT2D eigenvalue weighted by atomic mass is 32.2. The van der Waals surface area contributed by atoms with Crippen LogP contribution in [0.2, 0.25) is 0 Å². The van der Waals surface area contributed by atoms with E-state index in [4.69, 9.17) is 0 Å². The monoisotopic (exact) mass is 357 g/mol. The van der Waals surface area contributed by atoms with E-state index in [0.717, 1.165) is 35.9 Å². The van der Waals surface area contributed by atoms with Crippen molar-refractivity contribution in [3.8, 4) is 0 Å². The van der Waals surface area contributed by atoms with Gasteiger partial charge < -0.3 is 4.57 Å². The van der Waals surface area contributed by atoms with E-state index in [9.17, 15) is 4.79 Å². The summed E-state index contributed by atoms with van der Waals surface area (Å²) in [5.74, 6) is 1.21. The van der Waals surface area contributed by atoms with Crippen molar-refractivity contribution in [2.24, 2.45) is 0 Å². The first kappa shape index (κ1) is 18.2. The topological polar surface area (TPSA) is 47.8 Å². The normalized spacial score (nSPS) is 16.2. The fourth-order valence-corrected chi connectivity index (χ4v) is 4.10. The van der Waals surface area contributed by atoms with Crippen LogP contribution in [0.1, 0.15) is 68.7 Å². The zero-order chi connectivity index (χ0) is 18.0. The molecule has 2 heterocycles. The molecule has 0 saturated carbocycles. The number of fused-ring (bicyclic) bond motifs is 1. The van der Waals surface area contributed by atoms with Crippen molar-refractivity contribution in [3.05, 3.63) is 41.2 Å². The molecular weight excluding hydrogens is 330 g/mol. The Morgan fingerprint density at radius 2 is 1.84 bits per heavy atom. The van der Waals surface area contributed by atoms with E-state index in [0.29, 0.717) is 0 Å². The lowest BCUT2D eigenvalue weighted by atomic mass is 9.86. The number of ketones is 1. The molecule has 1 aliphatic heterocycles. The lowest BCUT2D eigenvalue weighted by molar-refractivity contribution is 0.0993. The van der Waals surface area contributed by atoms with Crippen LogP contribution in [0.5, 0.6) is 0 Å². The summed E-state index contributed by atoms with van der Waals surface area (Å²) < 4.78 is 2.20. The molecule has 3 rings (SSSR count). The average molecular weight is 358 g/mol. The van der Waals surface area contributed by atoms with Crippen LogP contribution in [-0.4, -0.2) is 25.8 Å². The predicted octanol–water partition coefficient (Wildman–Crippen LogP) is 4.67. The molecule has 1 aromatic heterocycles. The van der Waals surface area contributed by atoms with Gasteiger partial charge in [0, 0.05) is 18.5 Å². The van der Waals surface area contributed by atoms with Crippen molar-refractivity contribution in [2.45, 2.75) is 75.7 Å². The van der Waals surface area contributed by atoms with Crippen LogP contribution in [-0.2, 0) is 18.4 Å². The summed E-state index contributed by atoms with van der Waals surface area (Å²) in [5, 5.41) is 9.36. The smallest absolute Gasteiger partial charge is 0.191 e. The molecule has 25 heavy (non-hydrogen) atoms. The van der Waals surface area contributed by atoms with Crippen LogP contribution in [0.4, 0.5) is 0 Å². The zero-order valence-corrected chi connectivity index (χ0v) is 16.4. The van der Waals surface area contributed by atoms with Crippen LogP contribution in [0.3, 0.4) is 0 Å². The Morgan fingerprint density at radius 1 is 1.12 bits per heavy atom. The van der Waals surface area contributed by atoms with Crippen molar-refractivity contribution in [2.75, 3.05) is 0 Å². The number of Topliss-reactive ketones (excluding diaryl/α,β-unsaturated/α-hetero) is 1. The summed E-state index contributed by atoms with van der Waals surface area (Å²) in [4.78, 5) is 12.8. The minimum absolute atomic E-state index is 0.0982. The first-order valence-corrected chi connectivity index (χ1v) is 9.98. The van der Waals surface area contributed by atoms with E-state index in [2.05, 4.69) is 47.7 Å². The molecule has 0 saturated heterocycles. The highest BCUT2D eigenvalue weighted by Gasteiger charge is 2.22. The molecule has 1 aromatic carbocycles. The van der Waals surface area contributed by atoms with Crippen LogP contribution >= 0.6 is 11.8 Å². The third kappa shape index (κ3) is 4.14. The minimum Gasteiger partial charge on any atom is -0.306 e. The maximum atomic E-state index is 12.8. The third-order valence-corrected chi connectivity index (χ3v) is 5.84. The molecule has 2 aromatic rings. The number of thioether (sulfide) groups is 1. The van der Waals surface area contributed by atoms with Gasteiger partial charge in [-0.15, -0.1) is 10.2 Å². The Balaban J connectivity index is 1.72. The number of benzene rings is 1. The predicted molar refractivity (Wildman–Crippen MR) is 102 cm³/mol. The molecule has 1 atom stereocenters. The van der Waals surface area contributed by atoms with Gasteiger partial charge in [0.25, 0.3) is 0 Å². The zero-order valence-electron chi connectivity index (χ0n) is 15.6. The molecule has 0 fully saturated rings. The van der Waals surface area contributed by atoms with E-state index < -0.39 is 0 Å². The minimum atomic E-state index is -0.169. The van der Waals surface area contributed by atoms with Gasteiger partial charge >= 0.3 is 0 Å². The molecular formula is C20H27N3OS. The number of aromatic nitrogens is 3. The maximum Gasteiger partial charge on any atom is 0.191 e. The van der Waals surface area contributed by atoms with Crippen molar-refractivity contribution in [1.29, 1.82) is 0 Å². The molecule has 0 spiro atoms. The summed E-state index contributed by atoms with van der Waals surface area (Å²) >= 11 is 1.53. The second-order valence-corrected chi connectivity index (χ2v) is 9.12. The van der Waals surface area contributed by atoms with Gasteiger partial charge in [-0.1, -0.05) is 63.2 Å². The first-order valence-electron chi connectivity index (χ1n) is 9.10. The highest BCUT2D eigenvalue weighted by molar-refractivity contribution is 8.00. The standard InChI is InChI=1S/C20H27N3OS/c1-14(18(24)15-9-11-16(12-10-15)20(2,3)4)25-19-22-21-17-8-6-5-7-13-23(17)19/h9-12,14H,5-8,13H2,1-4H3. The SMILES string of the molecule is CC(Sc1nnc2n1CCCCC2)C(=O)c1ccc(C(C)(C)C)cc1. The van der Waals surface area contributed by atoms with Gasteiger partial charge in [0.15, 0.2) is 10.9 Å². The van der Waals surface area contributed by atoms with Crippen molar-refractivity contribution >= 4 is 17.5 Å². The van der Waals surface area contributed by atoms with Gasteiger partial charge in [-0.25, -0.2) is 0 Å². The Hall–Kier alpha value is -1.62. The van der Waals surface area contributed by atoms with Crippen LogP contribution in [0.15, 0.2) is 29.4 Å². The van der Waals surface area contributed by atoms with Gasteiger partial charge in [-0.3, -0.25) is 4.79 Å². The number of hydrogen-bond donors (Lipinski definition) is 0. The number of rotatable bonds is 4. The molecule has 134 valence electrons. The van der Waals surface area contributed by atoms with Gasteiger partial charge in [-0.2, -0.15) is 0 Å². The fraction of sp³-hybridized carbons (Fsp3) is 0.550. The second kappa shape index (κ2) is 7.32. The van der Waals surface area contributed by atoms with Gasteiger partial charge in [0.1, 0.15) is 5.82 Å². The van der Waals surface area contributed by atoms with E-state index in [1.807, 2.05) is 19.1 Å². The van der Waals surface area contributed by atoms with Crippen LogP contribution in [0.25, 0.3) is 0 Å². The summed E-state index contributed by atoms with van der Waals surface area (Å²) in [6.45, 7) is 9.47. The first-order chi connectivity index (χ1) is 11.9. The Labute approximate surface area is 154 Å². The van der Waals surface area contributed by atoms with E-state index in [1.165, 1.54) is 30.2 Å². The molecule has 0 radical (unpaired) electrons. The van der Waals surface area contributed by atoms with E-state index in [-0.39, 0.29) is 16.4 Å². The Morgan fingerprint density at radius 3 is 2.52 bits per heavy atom. The number of carbonyl (C=O) groups is 1. The van der Waals surface area contributed by atoms with E-state index >= 15 is 0 Å². The maximum absolute atomic E-state index is 12.8. The largest absolute Gasteiger partial charge is 0.306 e. The molecule has 0 bridgehead atoms. The number of carbonyl (C=O) groups excluding carboxylic acids is 1. The quantitative estimate of drug-likeness (QED) is 0.589. The van der Waals surface area contributed by atoms with Crippen molar-refractivity contribution in [1.82, 2.24) is 14.8 Å². The van der Waals surface area contributed by atoms with Gasteiger partial charge in [0.05, 0.1) is 5.25 Å². The molecule has 0 amide bonds.